The van der Waals surface area contributed by atoms with E-state index >= 15 is 0 Å². The number of hydrogen-bond donors (Lipinski definition) is 1. The van der Waals surface area contributed by atoms with E-state index in [9.17, 15) is 4.79 Å². The molecule has 3 rings (SSSR count). The molecule has 1 heterocycles. The molecule has 6 heteroatoms. The largest absolute Gasteiger partial charge is 0.486 e. The average molecular weight is 373 g/mol. The minimum atomic E-state index is -0.204. The maximum Gasteiger partial charge on any atom is 0.255 e. The van der Waals surface area contributed by atoms with Crippen LogP contribution >= 0.6 is 22.9 Å². The number of para-hydroxylation sites is 1. The summed E-state index contributed by atoms with van der Waals surface area (Å²) in [5, 5.41) is 6.46. The fraction of sp³-hybridized carbons (Fsp3) is 0.158. The third-order valence-electron chi connectivity index (χ3n) is 3.57. The van der Waals surface area contributed by atoms with Crippen LogP contribution in [0.1, 0.15) is 26.6 Å². The summed E-state index contributed by atoms with van der Waals surface area (Å²) in [6, 6.07) is 14.6. The molecule has 0 bridgehead atoms. The molecular weight excluding hydrogens is 356 g/mol. The second-order valence-corrected chi connectivity index (χ2v) is 6.89. The third-order valence-corrected chi connectivity index (χ3v) is 4.76. The van der Waals surface area contributed by atoms with E-state index in [4.69, 9.17) is 16.3 Å². The van der Waals surface area contributed by atoms with Crippen LogP contribution in [-0.4, -0.2) is 10.9 Å². The van der Waals surface area contributed by atoms with Crippen molar-refractivity contribution in [1.82, 2.24) is 10.3 Å². The van der Waals surface area contributed by atoms with Gasteiger partial charge in [-0.2, -0.15) is 0 Å². The van der Waals surface area contributed by atoms with Crippen LogP contribution in [0.25, 0.3) is 0 Å². The fourth-order valence-corrected chi connectivity index (χ4v) is 3.12. The summed E-state index contributed by atoms with van der Waals surface area (Å²) >= 11 is 7.70. The average Bonchev–Trinajstić information content (AvgIpc) is 3.04. The number of hydrogen-bond acceptors (Lipinski definition) is 4. The van der Waals surface area contributed by atoms with Gasteiger partial charge in [-0.05, 0) is 30.7 Å². The summed E-state index contributed by atoms with van der Waals surface area (Å²) in [5.41, 5.74) is 2.21. The van der Waals surface area contributed by atoms with Gasteiger partial charge in [0.05, 0.1) is 16.3 Å². The van der Waals surface area contributed by atoms with Crippen LogP contribution in [0.5, 0.6) is 5.75 Å². The Bertz CT molecular complexity index is 879. The topological polar surface area (TPSA) is 51.2 Å². The first-order valence-electron chi connectivity index (χ1n) is 7.78. The Morgan fingerprint density at radius 1 is 1.20 bits per heavy atom. The molecule has 0 aliphatic carbocycles. The second-order valence-electron chi connectivity index (χ2n) is 5.42. The van der Waals surface area contributed by atoms with Gasteiger partial charge in [0.25, 0.3) is 5.91 Å². The lowest BCUT2D eigenvalue weighted by atomic mass is 10.1. The van der Waals surface area contributed by atoms with E-state index in [1.165, 1.54) is 0 Å². The zero-order valence-electron chi connectivity index (χ0n) is 13.7. The molecular formula is C19H17ClN2O2S. The molecule has 0 aliphatic rings. The maximum atomic E-state index is 12.5. The van der Waals surface area contributed by atoms with Crippen molar-refractivity contribution in [1.29, 1.82) is 0 Å². The highest BCUT2D eigenvalue weighted by Crippen LogP contribution is 2.21. The molecule has 0 saturated carbocycles. The van der Waals surface area contributed by atoms with E-state index in [0.717, 1.165) is 16.3 Å². The monoisotopic (exact) mass is 372 g/mol. The molecule has 4 nitrogen and oxygen atoms in total. The number of amides is 1. The van der Waals surface area contributed by atoms with Gasteiger partial charge in [-0.1, -0.05) is 41.9 Å². The lowest BCUT2D eigenvalue weighted by molar-refractivity contribution is 0.0946. The van der Waals surface area contributed by atoms with Crippen molar-refractivity contribution in [3.05, 3.63) is 80.8 Å². The molecule has 3 aromatic rings. The number of carbonyl (C=O) groups is 1. The van der Waals surface area contributed by atoms with Gasteiger partial charge in [-0.3, -0.25) is 4.79 Å². The van der Waals surface area contributed by atoms with Crippen molar-refractivity contribution in [2.45, 2.75) is 20.1 Å². The predicted molar refractivity (Wildman–Crippen MR) is 100 cm³/mol. The Morgan fingerprint density at radius 3 is 2.72 bits per heavy atom. The lowest BCUT2D eigenvalue weighted by Gasteiger charge is -2.11. The van der Waals surface area contributed by atoms with Gasteiger partial charge in [-0.25, -0.2) is 4.98 Å². The van der Waals surface area contributed by atoms with Gasteiger partial charge in [0, 0.05) is 16.9 Å². The van der Waals surface area contributed by atoms with Gasteiger partial charge < -0.3 is 10.1 Å². The first kappa shape index (κ1) is 17.5. The number of rotatable bonds is 6. The highest BCUT2D eigenvalue weighted by atomic mass is 35.5. The van der Waals surface area contributed by atoms with Crippen molar-refractivity contribution >= 4 is 28.8 Å². The molecule has 0 unspecified atom stereocenters. The van der Waals surface area contributed by atoms with Gasteiger partial charge in [0.15, 0.2) is 0 Å². The highest BCUT2D eigenvalue weighted by Gasteiger charge is 2.13. The van der Waals surface area contributed by atoms with Crippen LogP contribution < -0.4 is 10.1 Å². The normalized spacial score (nSPS) is 10.5. The number of benzene rings is 2. The number of ether oxygens (including phenoxy) is 1. The summed E-state index contributed by atoms with van der Waals surface area (Å²) in [6.45, 7) is 2.64. The lowest BCUT2D eigenvalue weighted by Crippen LogP contribution is -2.23. The van der Waals surface area contributed by atoms with Crippen LogP contribution in [0.4, 0.5) is 0 Å². The summed E-state index contributed by atoms with van der Waals surface area (Å²) < 4.78 is 5.79. The number of aryl methyl sites for hydroxylation is 1. The number of thiazole rings is 1. The van der Waals surface area contributed by atoms with Gasteiger partial charge in [0.2, 0.25) is 0 Å². The summed E-state index contributed by atoms with van der Waals surface area (Å²) in [7, 11) is 0. The smallest absolute Gasteiger partial charge is 0.255 e. The second kappa shape index (κ2) is 8.14. The van der Waals surface area contributed by atoms with Crippen molar-refractivity contribution in [2.24, 2.45) is 0 Å². The molecule has 0 atom stereocenters. The first-order valence-corrected chi connectivity index (χ1v) is 9.03. The van der Waals surface area contributed by atoms with Crippen LogP contribution in [-0.2, 0) is 13.2 Å². The SMILES string of the molecule is Cc1nc(COc2ccccc2C(=O)NCc2ccccc2Cl)cs1. The van der Waals surface area contributed by atoms with Crippen molar-refractivity contribution in [2.75, 3.05) is 0 Å². The van der Waals surface area contributed by atoms with Crippen LogP contribution in [0.2, 0.25) is 5.02 Å². The van der Waals surface area contributed by atoms with E-state index < -0.39 is 0 Å². The molecule has 0 aliphatic heterocycles. The van der Waals surface area contributed by atoms with Gasteiger partial charge >= 0.3 is 0 Å². The maximum absolute atomic E-state index is 12.5. The Balaban J connectivity index is 1.67. The zero-order chi connectivity index (χ0) is 17.6. The Morgan fingerprint density at radius 2 is 1.96 bits per heavy atom. The van der Waals surface area contributed by atoms with Crippen LogP contribution in [0, 0.1) is 6.92 Å². The molecule has 1 N–H and O–H groups in total. The van der Waals surface area contributed by atoms with Crippen LogP contribution in [0.15, 0.2) is 53.9 Å². The molecule has 0 spiro atoms. The number of nitrogens with zero attached hydrogens (tertiary/aromatic N) is 1. The summed E-state index contributed by atoms with van der Waals surface area (Å²) in [5.74, 6) is 0.329. The van der Waals surface area contributed by atoms with Crippen molar-refractivity contribution in [3.8, 4) is 5.75 Å². The number of aromatic nitrogens is 1. The summed E-state index contributed by atoms with van der Waals surface area (Å²) in [4.78, 5) is 16.9. The molecule has 0 saturated heterocycles. The zero-order valence-corrected chi connectivity index (χ0v) is 15.2. The van der Waals surface area contributed by atoms with Gasteiger partial charge in [-0.15, -0.1) is 11.3 Å². The minimum absolute atomic E-state index is 0.204. The number of carbonyl (C=O) groups excluding carboxylic acids is 1. The van der Waals surface area contributed by atoms with Gasteiger partial charge in [0.1, 0.15) is 12.4 Å². The molecule has 1 amide bonds. The Kier molecular flexibility index (Phi) is 5.68. The number of halogens is 1. The first-order chi connectivity index (χ1) is 12.1. The van der Waals surface area contributed by atoms with E-state index in [-0.39, 0.29) is 5.91 Å². The molecule has 0 fully saturated rings. The molecule has 0 radical (unpaired) electrons. The molecule has 1 aromatic heterocycles. The third kappa shape index (κ3) is 4.59. The van der Waals surface area contributed by atoms with E-state index in [2.05, 4.69) is 10.3 Å². The van der Waals surface area contributed by atoms with E-state index in [1.807, 2.05) is 42.6 Å². The Hall–Kier alpha value is -2.37. The highest BCUT2D eigenvalue weighted by molar-refractivity contribution is 7.09. The van der Waals surface area contributed by atoms with E-state index in [0.29, 0.717) is 29.5 Å². The predicted octanol–water partition coefficient (Wildman–Crippen LogP) is 4.61. The minimum Gasteiger partial charge on any atom is -0.486 e. The van der Waals surface area contributed by atoms with Crippen molar-refractivity contribution in [3.63, 3.8) is 0 Å². The molecule has 2 aromatic carbocycles. The quantitative estimate of drug-likeness (QED) is 0.687. The van der Waals surface area contributed by atoms with E-state index in [1.54, 1.807) is 29.5 Å². The van der Waals surface area contributed by atoms with Crippen LogP contribution in [0.3, 0.4) is 0 Å². The summed E-state index contributed by atoms with van der Waals surface area (Å²) in [6.07, 6.45) is 0. The molecule has 25 heavy (non-hydrogen) atoms. The standard InChI is InChI=1S/C19H17ClN2O2S/c1-13-22-15(12-25-13)11-24-18-9-5-3-7-16(18)19(23)21-10-14-6-2-4-8-17(14)20/h2-9,12H,10-11H2,1H3,(H,21,23). The molecule has 128 valence electrons. The number of nitrogens with one attached hydrogen (secondary N) is 1. The Labute approximate surface area is 155 Å². The fourth-order valence-electron chi connectivity index (χ4n) is 2.32. The van der Waals surface area contributed by atoms with Crippen molar-refractivity contribution < 1.29 is 9.53 Å².